The Morgan fingerprint density at radius 2 is 1.90 bits per heavy atom. The fourth-order valence-corrected chi connectivity index (χ4v) is 0.802. The SMILES string of the molecule is C[CH]CCC(O)C(O)CC. The summed E-state index contributed by atoms with van der Waals surface area (Å²) in [7, 11) is 0. The third kappa shape index (κ3) is 3.85. The second kappa shape index (κ2) is 5.69. The molecule has 0 rings (SSSR count). The fourth-order valence-electron chi connectivity index (χ4n) is 0.802. The van der Waals surface area contributed by atoms with Crippen molar-refractivity contribution in [2.24, 2.45) is 0 Å². The number of aliphatic hydroxyl groups excluding tert-OH is 2. The first-order chi connectivity index (χ1) is 4.72. The van der Waals surface area contributed by atoms with Gasteiger partial charge in [-0.25, -0.2) is 0 Å². The Bertz CT molecular complexity index is 73.7. The zero-order valence-electron chi connectivity index (χ0n) is 6.75. The summed E-state index contributed by atoms with van der Waals surface area (Å²) in [4.78, 5) is 0. The molecule has 0 saturated carbocycles. The third-order valence-corrected chi connectivity index (χ3v) is 1.61. The van der Waals surface area contributed by atoms with Gasteiger partial charge in [-0.2, -0.15) is 0 Å². The van der Waals surface area contributed by atoms with Gasteiger partial charge in [-0.3, -0.25) is 0 Å². The van der Waals surface area contributed by atoms with E-state index in [0.29, 0.717) is 12.8 Å². The molecule has 1 radical (unpaired) electrons. The molecule has 0 fully saturated rings. The quantitative estimate of drug-likeness (QED) is 0.608. The Balaban J connectivity index is 3.31. The van der Waals surface area contributed by atoms with Gasteiger partial charge in [0.05, 0.1) is 12.2 Å². The normalized spacial score (nSPS) is 16.8. The average molecular weight is 145 g/mol. The highest BCUT2D eigenvalue weighted by molar-refractivity contribution is 4.68. The minimum atomic E-state index is -0.542. The van der Waals surface area contributed by atoms with Gasteiger partial charge in [-0.1, -0.05) is 13.8 Å². The van der Waals surface area contributed by atoms with E-state index in [9.17, 15) is 5.11 Å². The third-order valence-electron chi connectivity index (χ3n) is 1.61. The van der Waals surface area contributed by atoms with E-state index in [4.69, 9.17) is 5.11 Å². The molecule has 2 nitrogen and oxygen atoms in total. The van der Waals surface area contributed by atoms with Gasteiger partial charge in [0, 0.05) is 0 Å². The molecule has 0 bridgehead atoms. The standard InChI is InChI=1S/C8H17O2/c1-3-5-6-8(10)7(9)4-2/h3,7-10H,4-6H2,1-2H3. The number of aliphatic hydroxyl groups is 2. The van der Waals surface area contributed by atoms with Crippen LogP contribution in [0.1, 0.15) is 33.1 Å². The molecule has 61 valence electrons. The van der Waals surface area contributed by atoms with E-state index < -0.39 is 12.2 Å². The van der Waals surface area contributed by atoms with Crippen LogP contribution >= 0.6 is 0 Å². The van der Waals surface area contributed by atoms with Gasteiger partial charge in [0.1, 0.15) is 0 Å². The Labute approximate surface area is 62.9 Å². The lowest BCUT2D eigenvalue weighted by atomic mass is 10.1. The monoisotopic (exact) mass is 145 g/mol. The molecular formula is C8H17O2. The topological polar surface area (TPSA) is 40.5 Å². The second-order valence-corrected chi connectivity index (χ2v) is 2.53. The lowest BCUT2D eigenvalue weighted by Gasteiger charge is -2.14. The molecule has 2 N–H and O–H groups in total. The minimum absolute atomic E-state index is 0.541. The molecule has 0 heterocycles. The molecule has 0 aliphatic rings. The molecule has 0 aromatic heterocycles. The van der Waals surface area contributed by atoms with Crippen molar-refractivity contribution in [3.8, 4) is 0 Å². The number of rotatable bonds is 5. The summed E-state index contributed by atoms with van der Waals surface area (Å²) < 4.78 is 0. The largest absolute Gasteiger partial charge is 0.390 e. The first kappa shape index (κ1) is 9.92. The molecule has 0 amide bonds. The highest BCUT2D eigenvalue weighted by atomic mass is 16.3. The second-order valence-electron chi connectivity index (χ2n) is 2.53. The van der Waals surface area contributed by atoms with E-state index in [1.807, 2.05) is 20.3 Å². The van der Waals surface area contributed by atoms with Crippen LogP contribution in [0.5, 0.6) is 0 Å². The van der Waals surface area contributed by atoms with Crippen molar-refractivity contribution in [2.75, 3.05) is 0 Å². The summed E-state index contributed by atoms with van der Waals surface area (Å²) in [6.45, 7) is 3.81. The summed E-state index contributed by atoms with van der Waals surface area (Å²) >= 11 is 0. The smallest absolute Gasteiger partial charge is 0.0799 e. The van der Waals surface area contributed by atoms with E-state index in [0.717, 1.165) is 6.42 Å². The average Bonchev–Trinajstić information content (AvgIpc) is 1.98. The highest BCUT2D eigenvalue weighted by Gasteiger charge is 2.12. The molecule has 2 atom stereocenters. The van der Waals surface area contributed by atoms with Gasteiger partial charge in [0.15, 0.2) is 0 Å². The molecule has 10 heavy (non-hydrogen) atoms. The molecular weight excluding hydrogens is 128 g/mol. The summed E-state index contributed by atoms with van der Waals surface area (Å²) in [5.41, 5.74) is 0. The Morgan fingerprint density at radius 3 is 2.30 bits per heavy atom. The Kier molecular flexibility index (Phi) is 5.64. The van der Waals surface area contributed by atoms with Crippen molar-refractivity contribution in [1.29, 1.82) is 0 Å². The van der Waals surface area contributed by atoms with Crippen molar-refractivity contribution in [1.82, 2.24) is 0 Å². The van der Waals surface area contributed by atoms with Crippen LogP contribution in [-0.2, 0) is 0 Å². The highest BCUT2D eigenvalue weighted by Crippen LogP contribution is 2.06. The predicted octanol–water partition coefficient (Wildman–Crippen LogP) is 1.12. The predicted molar refractivity (Wildman–Crippen MR) is 41.5 cm³/mol. The van der Waals surface area contributed by atoms with Gasteiger partial charge in [-0.05, 0) is 25.7 Å². The first-order valence-electron chi connectivity index (χ1n) is 3.86. The van der Waals surface area contributed by atoms with Crippen LogP contribution in [0.15, 0.2) is 0 Å². The van der Waals surface area contributed by atoms with Crippen molar-refractivity contribution in [2.45, 2.75) is 45.3 Å². The van der Waals surface area contributed by atoms with Crippen molar-refractivity contribution >= 4 is 0 Å². The summed E-state index contributed by atoms with van der Waals surface area (Å²) in [6, 6.07) is 0. The molecule has 0 aliphatic carbocycles. The van der Waals surface area contributed by atoms with Crippen LogP contribution in [0.2, 0.25) is 0 Å². The lowest BCUT2D eigenvalue weighted by Crippen LogP contribution is -2.24. The fraction of sp³-hybridized carbons (Fsp3) is 0.875. The maximum Gasteiger partial charge on any atom is 0.0799 e. The van der Waals surface area contributed by atoms with Gasteiger partial charge < -0.3 is 10.2 Å². The molecule has 0 saturated heterocycles. The van der Waals surface area contributed by atoms with Crippen molar-refractivity contribution in [3.63, 3.8) is 0 Å². The van der Waals surface area contributed by atoms with Crippen molar-refractivity contribution in [3.05, 3.63) is 6.42 Å². The number of hydrogen-bond donors (Lipinski definition) is 2. The van der Waals surface area contributed by atoms with Crippen LogP contribution < -0.4 is 0 Å². The van der Waals surface area contributed by atoms with Crippen LogP contribution in [0, 0.1) is 6.42 Å². The van der Waals surface area contributed by atoms with E-state index >= 15 is 0 Å². The summed E-state index contributed by atoms with van der Waals surface area (Å²) in [5, 5.41) is 18.3. The van der Waals surface area contributed by atoms with Gasteiger partial charge >= 0.3 is 0 Å². The lowest BCUT2D eigenvalue weighted by molar-refractivity contribution is 0.0129. The van der Waals surface area contributed by atoms with E-state index in [-0.39, 0.29) is 0 Å². The summed E-state index contributed by atoms with van der Waals surface area (Å²) in [5.74, 6) is 0. The van der Waals surface area contributed by atoms with E-state index in [2.05, 4.69) is 0 Å². The van der Waals surface area contributed by atoms with Crippen LogP contribution in [0.3, 0.4) is 0 Å². The molecule has 0 spiro atoms. The minimum Gasteiger partial charge on any atom is -0.390 e. The molecule has 0 aromatic carbocycles. The molecule has 0 aliphatic heterocycles. The first-order valence-corrected chi connectivity index (χ1v) is 3.86. The van der Waals surface area contributed by atoms with Crippen molar-refractivity contribution < 1.29 is 10.2 Å². The van der Waals surface area contributed by atoms with Crippen LogP contribution in [0.4, 0.5) is 0 Å². The zero-order chi connectivity index (χ0) is 7.98. The Hall–Kier alpha value is -0.0800. The maximum atomic E-state index is 9.18. The van der Waals surface area contributed by atoms with Crippen LogP contribution in [-0.4, -0.2) is 22.4 Å². The maximum absolute atomic E-state index is 9.18. The molecule has 2 unspecified atom stereocenters. The Morgan fingerprint density at radius 1 is 1.30 bits per heavy atom. The van der Waals surface area contributed by atoms with Gasteiger partial charge in [-0.15, -0.1) is 0 Å². The van der Waals surface area contributed by atoms with E-state index in [1.54, 1.807) is 0 Å². The number of unbranched alkanes of at least 4 members (excludes halogenated alkanes) is 1. The van der Waals surface area contributed by atoms with Gasteiger partial charge in [0.25, 0.3) is 0 Å². The van der Waals surface area contributed by atoms with Gasteiger partial charge in [0.2, 0.25) is 0 Å². The summed E-state index contributed by atoms with van der Waals surface area (Å²) in [6.07, 6.45) is 3.08. The zero-order valence-corrected chi connectivity index (χ0v) is 6.75. The van der Waals surface area contributed by atoms with E-state index in [1.165, 1.54) is 0 Å². The number of hydrogen-bond acceptors (Lipinski definition) is 2. The molecule has 0 aromatic rings. The molecule has 2 heteroatoms. The van der Waals surface area contributed by atoms with Crippen LogP contribution in [0.25, 0.3) is 0 Å².